The van der Waals surface area contributed by atoms with Crippen LogP contribution in [0.2, 0.25) is 5.02 Å². The van der Waals surface area contributed by atoms with E-state index in [9.17, 15) is 9.59 Å². The van der Waals surface area contributed by atoms with Crippen molar-refractivity contribution in [3.8, 4) is 5.75 Å². The minimum Gasteiger partial charge on any atom is -0.491 e. The van der Waals surface area contributed by atoms with E-state index in [0.29, 0.717) is 48.4 Å². The first-order valence-electron chi connectivity index (χ1n) is 11.9. The monoisotopic (exact) mass is 470 g/mol. The highest BCUT2D eigenvalue weighted by atomic mass is 35.5. The number of ether oxygens (including phenoxy) is 1. The van der Waals surface area contributed by atoms with Crippen molar-refractivity contribution in [3.05, 3.63) is 64.7 Å². The maximum Gasteiger partial charge on any atom is 0.257 e. The molecular formula is C27H35ClN2O3. The Hall–Kier alpha value is -2.53. The molecule has 0 spiro atoms. The zero-order valence-corrected chi connectivity index (χ0v) is 20.7. The average Bonchev–Trinajstić information content (AvgIpc) is 2.80. The van der Waals surface area contributed by atoms with Crippen LogP contribution >= 0.6 is 11.6 Å². The molecule has 0 fully saturated rings. The lowest BCUT2D eigenvalue weighted by Crippen LogP contribution is -2.45. The second-order valence-electron chi connectivity index (χ2n) is 9.27. The fourth-order valence-electron chi connectivity index (χ4n) is 4.29. The average molecular weight is 471 g/mol. The maximum absolute atomic E-state index is 13.5. The Morgan fingerprint density at radius 1 is 1.06 bits per heavy atom. The van der Waals surface area contributed by atoms with Crippen LogP contribution in [-0.4, -0.2) is 54.4 Å². The van der Waals surface area contributed by atoms with Gasteiger partial charge in [0.05, 0.1) is 18.0 Å². The van der Waals surface area contributed by atoms with Crippen molar-refractivity contribution in [3.63, 3.8) is 0 Å². The highest BCUT2D eigenvalue weighted by Crippen LogP contribution is 2.23. The number of carbonyl (C=O) groups is 2. The van der Waals surface area contributed by atoms with Gasteiger partial charge in [-0.1, -0.05) is 49.7 Å². The van der Waals surface area contributed by atoms with E-state index in [4.69, 9.17) is 16.3 Å². The van der Waals surface area contributed by atoms with Crippen molar-refractivity contribution in [1.29, 1.82) is 0 Å². The van der Waals surface area contributed by atoms with Gasteiger partial charge in [-0.2, -0.15) is 0 Å². The molecule has 5 nitrogen and oxygen atoms in total. The number of rotatable bonds is 4. The van der Waals surface area contributed by atoms with Crippen molar-refractivity contribution in [2.24, 2.45) is 5.92 Å². The molecule has 1 aliphatic heterocycles. The van der Waals surface area contributed by atoms with Crippen molar-refractivity contribution >= 4 is 23.4 Å². The predicted molar refractivity (Wildman–Crippen MR) is 133 cm³/mol. The molecule has 6 heteroatoms. The van der Waals surface area contributed by atoms with Gasteiger partial charge in [0.1, 0.15) is 12.4 Å². The lowest BCUT2D eigenvalue weighted by Gasteiger charge is -2.33. The van der Waals surface area contributed by atoms with Crippen LogP contribution in [0.25, 0.3) is 0 Å². The van der Waals surface area contributed by atoms with Crippen LogP contribution in [0.4, 0.5) is 0 Å². The lowest BCUT2D eigenvalue weighted by atomic mass is 10.0. The number of halogens is 1. The predicted octanol–water partition coefficient (Wildman–Crippen LogP) is 5.46. The van der Waals surface area contributed by atoms with Gasteiger partial charge < -0.3 is 14.5 Å². The summed E-state index contributed by atoms with van der Waals surface area (Å²) in [7, 11) is 1.84. The Morgan fingerprint density at radius 3 is 2.48 bits per heavy atom. The van der Waals surface area contributed by atoms with Crippen LogP contribution in [0.5, 0.6) is 5.75 Å². The molecule has 0 unspecified atom stereocenters. The second-order valence-corrected chi connectivity index (χ2v) is 9.70. The molecule has 0 aromatic heterocycles. The molecular weight excluding hydrogens is 436 g/mol. The highest BCUT2D eigenvalue weighted by molar-refractivity contribution is 6.30. The molecule has 2 aromatic rings. The third-order valence-electron chi connectivity index (χ3n) is 6.06. The van der Waals surface area contributed by atoms with Crippen molar-refractivity contribution < 1.29 is 14.3 Å². The highest BCUT2D eigenvalue weighted by Gasteiger charge is 2.26. The molecule has 0 radical (unpaired) electrons. The smallest absolute Gasteiger partial charge is 0.257 e. The minimum absolute atomic E-state index is 0.0269. The third kappa shape index (κ3) is 7.23. The van der Waals surface area contributed by atoms with Gasteiger partial charge in [0, 0.05) is 25.2 Å². The molecule has 0 saturated heterocycles. The fraction of sp³-hybridized carbons (Fsp3) is 0.481. The number of carbonyl (C=O) groups excluding carboxylic acids is 2. The Balaban J connectivity index is 1.86. The Kier molecular flexibility index (Phi) is 9.19. The molecule has 178 valence electrons. The van der Waals surface area contributed by atoms with E-state index in [0.717, 1.165) is 31.2 Å². The Morgan fingerprint density at radius 2 is 1.76 bits per heavy atom. The van der Waals surface area contributed by atoms with Gasteiger partial charge in [-0.3, -0.25) is 9.59 Å². The van der Waals surface area contributed by atoms with E-state index < -0.39 is 0 Å². The summed E-state index contributed by atoms with van der Waals surface area (Å²) in [5, 5.41) is 0.665. The minimum atomic E-state index is -0.0635. The summed E-state index contributed by atoms with van der Waals surface area (Å²) in [6.07, 6.45) is 3.93. The summed E-state index contributed by atoms with van der Waals surface area (Å²) in [5.41, 5.74) is 1.52. The molecule has 0 bridgehead atoms. The van der Waals surface area contributed by atoms with Gasteiger partial charge in [0.15, 0.2) is 0 Å². The number of nitrogens with zero attached hydrogens (tertiary/aromatic N) is 2. The van der Waals surface area contributed by atoms with E-state index in [1.54, 1.807) is 4.90 Å². The molecule has 2 aromatic carbocycles. The quantitative estimate of drug-likeness (QED) is 0.596. The van der Waals surface area contributed by atoms with Crippen molar-refractivity contribution in [1.82, 2.24) is 9.80 Å². The lowest BCUT2D eigenvalue weighted by molar-refractivity contribution is -0.134. The van der Waals surface area contributed by atoms with Gasteiger partial charge in [-0.05, 0) is 61.4 Å². The third-order valence-corrected chi connectivity index (χ3v) is 6.31. The topological polar surface area (TPSA) is 49.9 Å². The number of hydrogen-bond donors (Lipinski definition) is 0. The Labute approximate surface area is 202 Å². The van der Waals surface area contributed by atoms with E-state index in [2.05, 4.69) is 13.8 Å². The first-order valence-corrected chi connectivity index (χ1v) is 12.2. The molecule has 1 heterocycles. The summed E-state index contributed by atoms with van der Waals surface area (Å²) in [4.78, 5) is 30.2. The molecule has 0 saturated carbocycles. The molecule has 0 aliphatic carbocycles. The molecule has 3 rings (SSSR count). The van der Waals surface area contributed by atoms with Crippen LogP contribution in [-0.2, 0) is 11.2 Å². The zero-order valence-electron chi connectivity index (χ0n) is 19.9. The standard InChI is InChI=1S/C27H35ClN2O3/c1-20(2)17-23-19-33-25-10-6-5-9-24(25)27(32)29(3)15-7-4-8-16-30(23)26(31)18-21-11-13-22(28)14-12-21/h5-6,9-14,20,23H,4,7-8,15-19H2,1-3H3/t23-/m0/s1. The molecule has 33 heavy (non-hydrogen) atoms. The van der Waals surface area contributed by atoms with Crippen LogP contribution in [0.3, 0.4) is 0 Å². The number of para-hydroxylation sites is 1. The number of amides is 2. The molecule has 1 atom stereocenters. The SMILES string of the molecule is CC(C)C[C@H]1COc2ccccc2C(=O)N(C)CCCCCN1C(=O)Cc1ccc(Cl)cc1. The van der Waals surface area contributed by atoms with Gasteiger partial charge in [0.2, 0.25) is 5.91 Å². The van der Waals surface area contributed by atoms with Crippen LogP contribution in [0.15, 0.2) is 48.5 Å². The summed E-state index contributed by atoms with van der Waals surface area (Å²) in [5.74, 6) is 1.06. The summed E-state index contributed by atoms with van der Waals surface area (Å²) < 4.78 is 6.22. The normalized spacial score (nSPS) is 18.1. The van der Waals surface area contributed by atoms with Crippen molar-refractivity contribution in [2.45, 2.75) is 52.0 Å². The maximum atomic E-state index is 13.5. The number of hydrogen-bond acceptors (Lipinski definition) is 3. The first kappa shape index (κ1) is 25.1. The summed E-state index contributed by atoms with van der Waals surface area (Å²) in [6.45, 7) is 6.05. The van der Waals surface area contributed by atoms with E-state index in [1.165, 1.54) is 0 Å². The van der Waals surface area contributed by atoms with Crippen molar-refractivity contribution in [2.75, 3.05) is 26.7 Å². The first-order chi connectivity index (χ1) is 15.8. The molecule has 0 N–H and O–H groups in total. The largest absolute Gasteiger partial charge is 0.491 e. The van der Waals surface area contributed by atoms with Gasteiger partial charge in [-0.25, -0.2) is 0 Å². The van der Waals surface area contributed by atoms with E-state index in [-0.39, 0.29) is 17.9 Å². The number of fused-ring (bicyclic) bond motifs is 1. The van der Waals surface area contributed by atoms with Gasteiger partial charge >= 0.3 is 0 Å². The summed E-state index contributed by atoms with van der Waals surface area (Å²) in [6, 6.07) is 14.8. The van der Waals surface area contributed by atoms with Gasteiger partial charge in [-0.15, -0.1) is 0 Å². The van der Waals surface area contributed by atoms with E-state index >= 15 is 0 Å². The Bertz CT molecular complexity index is 929. The van der Waals surface area contributed by atoms with Crippen LogP contribution in [0, 0.1) is 5.92 Å². The van der Waals surface area contributed by atoms with E-state index in [1.807, 2.05) is 60.5 Å². The second kappa shape index (κ2) is 12.1. The summed E-state index contributed by atoms with van der Waals surface area (Å²) >= 11 is 6.02. The number of benzene rings is 2. The van der Waals surface area contributed by atoms with Crippen LogP contribution < -0.4 is 4.74 Å². The van der Waals surface area contributed by atoms with Gasteiger partial charge in [0.25, 0.3) is 5.91 Å². The van der Waals surface area contributed by atoms with Crippen LogP contribution in [0.1, 0.15) is 55.5 Å². The molecule has 1 aliphatic rings. The zero-order chi connectivity index (χ0) is 23.8. The fourth-order valence-corrected chi connectivity index (χ4v) is 4.41. The molecule has 2 amide bonds.